The summed E-state index contributed by atoms with van der Waals surface area (Å²) in [5, 5.41) is 8.87. The van der Waals surface area contributed by atoms with Crippen LogP contribution in [0.4, 0.5) is 0 Å². The molecule has 0 amide bonds. The van der Waals surface area contributed by atoms with Gasteiger partial charge in [-0.3, -0.25) is 0 Å². The van der Waals surface area contributed by atoms with E-state index in [2.05, 4.69) is 4.72 Å². The van der Waals surface area contributed by atoms with Gasteiger partial charge in [0.2, 0.25) is 10.0 Å². The van der Waals surface area contributed by atoms with Gasteiger partial charge in [-0.05, 0) is 35.0 Å². The molecule has 1 unspecified atom stereocenters. The van der Waals surface area contributed by atoms with Gasteiger partial charge in [-0.2, -0.15) is 0 Å². The molecule has 0 fully saturated rings. The van der Waals surface area contributed by atoms with E-state index >= 15 is 0 Å². The Morgan fingerprint density at radius 2 is 1.64 bits per heavy atom. The van der Waals surface area contributed by atoms with Crippen molar-refractivity contribution in [2.45, 2.75) is 20.9 Å². The third-order valence-corrected chi connectivity index (χ3v) is 9.64. The molecule has 3 aromatic heterocycles. The molecule has 0 spiro atoms. The highest BCUT2D eigenvalue weighted by Gasteiger charge is 2.25. The molecule has 11 heteroatoms. The molecule has 134 valence electrons. The molecule has 0 radical (unpaired) electrons. The number of nitrogens with two attached hydrogens (primary N) is 1. The van der Waals surface area contributed by atoms with Crippen molar-refractivity contribution in [3.8, 4) is 0 Å². The molecule has 3 N–H and O–H groups in total. The maximum atomic E-state index is 12.7. The first-order chi connectivity index (χ1) is 11.8. The van der Waals surface area contributed by atoms with Crippen LogP contribution < -0.4 is 9.86 Å². The molecule has 6 nitrogen and oxygen atoms in total. The fourth-order valence-corrected chi connectivity index (χ4v) is 7.19. The summed E-state index contributed by atoms with van der Waals surface area (Å²) in [5.74, 6) is 0. The lowest BCUT2D eigenvalue weighted by Gasteiger charge is -2.16. The molecule has 1 atom stereocenters. The van der Waals surface area contributed by atoms with Crippen molar-refractivity contribution < 1.29 is 16.8 Å². The van der Waals surface area contributed by atoms with E-state index in [1.165, 1.54) is 23.5 Å². The molecule has 3 rings (SSSR count). The Morgan fingerprint density at radius 1 is 0.960 bits per heavy atom. The SMILES string of the molecule is NS(=O)(=O)c1ccc(S(=O)(=O)NC(Cc2cccs2)c2cccs2)s1. The van der Waals surface area contributed by atoms with Crippen molar-refractivity contribution >= 4 is 54.1 Å². The molecule has 0 aromatic carbocycles. The van der Waals surface area contributed by atoms with Gasteiger partial charge in [0.1, 0.15) is 8.42 Å². The van der Waals surface area contributed by atoms with Crippen molar-refractivity contribution in [2.75, 3.05) is 0 Å². The van der Waals surface area contributed by atoms with E-state index in [1.807, 2.05) is 35.0 Å². The summed E-state index contributed by atoms with van der Waals surface area (Å²) in [6.07, 6.45) is 0.519. The molecule has 0 aliphatic carbocycles. The highest BCUT2D eigenvalue weighted by Crippen LogP contribution is 2.29. The molecule has 3 heterocycles. The Morgan fingerprint density at radius 3 is 2.20 bits per heavy atom. The van der Waals surface area contributed by atoms with E-state index in [-0.39, 0.29) is 8.42 Å². The lowest BCUT2D eigenvalue weighted by atomic mass is 10.1. The van der Waals surface area contributed by atoms with E-state index in [9.17, 15) is 16.8 Å². The summed E-state index contributed by atoms with van der Waals surface area (Å²) in [6.45, 7) is 0. The highest BCUT2D eigenvalue weighted by atomic mass is 32.3. The fraction of sp³-hybridized carbons (Fsp3) is 0.143. The first-order valence-corrected chi connectivity index (χ1v) is 12.6. The number of hydrogen-bond donors (Lipinski definition) is 2. The maximum Gasteiger partial charge on any atom is 0.250 e. The second-order valence-electron chi connectivity index (χ2n) is 5.09. The summed E-state index contributed by atoms with van der Waals surface area (Å²) >= 11 is 3.65. The van der Waals surface area contributed by atoms with Crippen LogP contribution in [-0.4, -0.2) is 16.8 Å². The summed E-state index contributed by atoms with van der Waals surface area (Å²) in [6, 6.07) is 9.62. The Kier molecular flexibility index (Phi) is 5.44. The molecular formula is C14H14N2O4S5. The van der Waals surface area contributed by atoms with E-state index < -0.39 is 26.1 Å². The van der Waals surface area contributed by atoms with E-state index in [0.717, 1.165) is 9.75 Å². The van der Waals surface area contributed by atoms with Crippen LogP contribution in [0.25, 0.3) is 0 Å². The number of sulfonamides is 2. The largest absolute Gasteiger partial charge is 0.250 e. The van der Waals surface area contributed by atoms with Gasteiger partial charge >= 0.3 is 0 Å². The van der Waals surface area contributed by atoms with Gasteiger partial charge in [0.05, 0.1) is 6.04 Å². The fourth-order valence-electron chi connectivity index (χ4n) is 2.17. The summed E-state index contributed by atoms with van der Waals surface area (Å²) in [5.41, 5.74) is 0. The van der Waals surface area contributed by atoms with E-state index in [1.54, 1.807) is 11.3 Å². The van der Waals surface area contributed by atoms with Gasteiger partial charge < -0.3 is 0 Å². The average molecular weight is 435 g/mol. The van der Waals surface area contributed by atoms with Crippen molar-refractivity contribution in [3.05, 3.63) is 56.9 Å². The topological polar surface area (TPSA) is 106 Å². The zero-order valence-corrected chi connectivity index (χ0v) is 16.7. The lowest BCUT2D eigenvalue weighted by molar-refractivity contribution is 0.560. The van der Waals surface area contributed by atoms with Crippen LogP contribution in [0.3, 0.4) is 0 Å². The maximum absolute atomic E-state index is 12.7. The van der Waals surface area contributed by atoms with Crippen LogP contribution in [0, 0.1) is 0 Å². The zero-order valence-electron chi connectivity index (χ0n) is 12.7. The molecule has 0 aliphatic heterocycles. The minimum Gasteiger partial charge on any atom is -0.224 e. The quantitative estimate of drug-likeness (QED) is 0.596. The summed E-state index contributed by atoms with van der Waals surface area (Å²) < 4.78 is 50.5. The molecule has 0 saturated heterocycles. The molecular weight excluding hydrogens is 420 g/mol. The molecule has 3 aromatic rings. The van der Waals surface area contributed by atoms with E-state index in [4.69, 9.17) is 5.14 Å². The van der Waals surface area contributed by atoms with Crippen LogP contribution in [0.5, 0.6) is 0 Å². The predicted octanol–water partition coefficient (Wildman–Crippen LogP) is 2.78. The number of hydrogen-bond acceptors (Lipinski definition) is 7. The van der Waals surface area contributed by atoms with Gasteiger partial charge in [0, 0.05) is 16.2 Å². The molecule has 0 bridgehead atoms. The van der Waals surface area contributed by atoms with Gasteiger partial charge in [0.25, 0.3) is 10.0 Å². The van der Waals surface area contributed by atoms with Crippen LogP contribution in [0.1, 0.15) is 15.8 Å². The molecule has 0 aliphatic rings. The highest BCUT2D eigenvalue weighted by molar-refractivity contribution is 7.94. The molecule has 25 heavy (non-hydrogen) atoms. The van der Waals surface area contributed by atoms with Gasteiger partial charge in [-0.1, -0.05) is 12.1 Å². The monoisotopic (exact) mass is 434 g/mol. The summed E-state index contributed by atoms with van der Waals surface area (Å²) in [4.78, 5) is 1.94. The summed E-state index contributed by atoms with van der Waals surface area (Å²) in [7, 11) is -7.79. The first-order valence-electron chi connectivity index (χ1n) is 6.96. The van der Waals surface area contributed by atoms with Crippen molar-refractivity contribution in [3.63, 3.8) is 0 Å². The third kappa shape index (κ3) is 4.56. The minimum absolute atomic E-state index is 0.0794. The number of rotatable bonds is 7. The standard InChI is InChI=1S/C14H14N2O4S5/c15-24(17,18)13-5-6-14(23-13)25(19,20)16-11(12-4-2-8-22-12)9-10-3-1-7-21-10/h1-8,11,16H,9H2,(H2,15,17,18). The Bertz CT molecular complexity index is 1030. The number of primary sulfonamides is 1. The predicted molar refractivity (Wildman–Crippen MR) is 101 cm³/mol. The zero-order chi connectivity index (χ0) is 18.1. The normalized spacial score (nSPS) is 13.8. The Balaban J connectivity index is 1.89. The van der Waals surface area contributed by atoms with Gasteiger partial charge in [-0.25, -0.2) is 26.7 Å². The van der Waals surface area contributed by atoms with Crippen LogP contribution in [0.15, 0.2) is 55.6 Å². The van der Waals surface area contributed by atoms with Crippen molar-refractivity contribution in [2.24, 2.45) is 5.14 Å². The Labute approximate surface area is 158 Å². The first kappa shape index (κ1) is 18.7. The lowest BCUT2D eigenvalue weighted by Crippen LogP contribution is -2.28. The second-order valence-corrected chi connectivity index (χ2v) is 11.9. The van der Waals surface area contributed by atoms with E-state index in [0.29, 0.717) is 17.8 Å². The number of nitrogens with one attached hydrogen (secondary N) is 1. The van der Waals surface area contributed by atoms with Crippen LogP contribution in [-0.2, 0) is 26.5 Å². The Hall–Kier alpha value is -1.08. The van der Waals surface area contributed by atoms with Crippen LogP contribution in [0.2, 0.25) is 0 Å². The van der Waals surface area contributed by atoms with Crippen LogP contribution >= 0.6 is 34.0 Å². The van der Waals surface area contributed by atoms with Gasteiger partial charge in [-0.15, -0.1) is 34.0 Å². The molecule has 0 saturated carbocycles. The smallest absolute Gasteiger partial charge is 0.224 e. The van der Waals surface area contributed by atoms with Crippen molar-refractivity contribution in [1.29, 1.82) is 0 Å². The number of thiophene rings is 3. The van der Waals surface area contributed by atoms with Crippen molar-refractivity contribution in [1.82, 2.24) is 4.72 Å². The second kappa shape index (κ2) is 7.27. The minimum atomic E-state index is -3.92. The third-order valence-electron chi connectivity index (χ3n) is 3.27. The van der Waals surface area contributed by atoms with Gasteiger partial charge in [0.15, 0.2) is 0 Å². The average Bonchev–Trinajstić information content (AvgIpc) is 3.27.